The number of rotatable bonds is 6. The average molecular weight is 477 g/mol. The minimum Gasteiger partial charge on any atom is -0.297 e. The summed E-state index contributed by atoms with van der Waals surface area (Å²) in [6.45, 7) is 4.63. The van der Waals surface area contributed by atoms with E-state index in [1.165, 1.54) is 29.8 Å². The van der Waals surface area contributed by atoms with E-state index in [0.717, 1.165) is 43.9 Å². The first kappa shape index (κ1) is 26.0. The Bertz CT molecular complexity index is 910. The van der Waals surface area contributed by atoms with Crippen molar-refractivity contribution in [3.8, 4) is 0 Å². The van der Waals surface area contributed by atoms with E-state index < -0.39 is 0 Å². The Morgan fingerprint density at radius 2 is 1.19 bits per heavy atom. The summed E-state index contributed by atoms with van der Waals surface area (Å²) in [5, 5.41) is 0. The highest BCUT2D eigenvalue weighted by molar-refractivity contribution is 5.85. The summed E-state index contributed by atoms with van der Waals surface area (Å²) < 4.78 is 26.9. The fourth-order valence-corrected chi connectivity index (χ4v) is 4.01. The predicted octanol–water partition coefficient (Wildman–Crippen LogP) is 6.23. The minimum absolute atomic E-state index is 0. The first-order valence-corrected chi connectivity index (χ1v) is 10.4. The molecule has 0 unspecified atom stereocenters. The monoisotopic (exact) mass is 476 g/mol. The molecule has 170 valence electrons. The lowest BCUT2D eigenvalue weighted by Crippen LogP contribution is -2.47. The number of nitrogens with zero attached hydrogens (tertiary/aromatic N) is 2. The Labute approximate surface area is 201 Å². The quantitative estimate of drug-likeness (QED) is 0.416. The van der Waals surface area contributed by atoms with E-state index in [1.54, 1.807) is 0 Å². The number of benzene rings is 3. The average Bonchev–Trinajstić information content (AvgIpc) is 2.78. The second-order valence-electron chi connectivity index (χ2n) is 7.66. The number of hydrogen-bond acceptors (Lipinski definition) is 2. The maximum absolute atomic E-state index is 13.5. The van der Waals surface area contributed by atoms with E-state index >= 15 is 0 Å². The lowest BCUT2D eigenvalue weighted by molar-refractivity contribution is 0.118. The van der Waals surface area contributed by atoms with E-state index in [9.17, 15) is 8.78 Å². The Hall–Kier alpha value is -2.24. The fourth-order valence-electron chi connectivity index (χ4n) is 4.01. The van der Waals surface area contributed by atoms with Gasteiger partial charge < -0.3 is 0 Å². The van der Waals surface area contributed by atoms with Crippen LogP contribution in [0.15, 0.2) is 84.9 Å². The molecular formula is C26H28Cl2F2N2. The molecule has 1 aliphatic rings. The van der Waals surface area contributed by atoms with Crippen LogP contribution >= 0.6 is 24.8 Å². The van der Waals surface area contributed by atoms with Crippen molar-refractivity contribution < 1.29 is 8.78 Å². The molecule has 0 amide bonds. The van der Waals surface area contributed by atoms with Gasteiger partial charge in [0.05, 0.1) is 6.04 Å². The Morgan fingerprint density at radius 3 is 1.69 bits per heavy atom. The van der Waals surface area contributed by atoms with Gasteiger partial charge in [-0.3, -0.25) is 9.80 Å². The van der Waals surface area contributed by atoms with E-state index in [4.69, 9.17) is 0 Å². The van der Waals surface area contributed by atoms with Gasteiger partial charge in [0, 0.05) is 32.7 Å². The Morgan fingerprint density at radius 1 is 0.688 bits per heavy atom. The van der Waals surface area contributed by atoms with Gasteiger partial charge in [0.1, 0.15) is 11.6 Å². The maximum atomic E-state index is 13.5. The van der Waals surface area contributed by atoms with Gasteiger partial charge in [0.15, 0.2) is 0 Å². The Balaban J connectivity index is 0.00000181. The van der Waals surface area contributed by atoms with Crippen LogP contribution < -0.4 is 0 Å². The van der Waals surface area contributed by atoms with Gasteiger partial charge in [-0.2, -0.15) is 0 Å². The molecule has 0 atom stereocenters. The zero-order valence-electron chi connectivity index (χ0n) is 17.7. The van der Waals surface area contributed by atoms with Crippen LogP contribution in [0.3, 0.4) is 0 Å². The van der Waals surface area contributed by atoms with Crippen LogP contribution in [-0.4, -0.2) is 42.5 Å². The zero-order chi connectivity index (χ0) is 20.8. The third-order valence-corrected chi connectivity index (χ3v) is 5.62. The standard InChI is InChI=1S/C26H26F2N2.2ClH/c27-24-12-8-22(9-13-24)26(23-10-14-25(28)15-11-23)30-19-17-29(18-20-30)16-4-7-21-5-2-1-3-6-21;;/h1-15,26H,16-20H2;2*1H. The van der Waals surface area contributed by atoms with Gasteiger partial charge >= 0.3 is 0 Å². The molecule has 0 aliphatic carbocycles. The molecule has 0 aromatic heterocycles. The van der Waals surface area contributed by atoms with Crippen molar-refractivity contribution >= 4 is 30.9 Å². The third-order valence-electron chi connectivity index (χ3n) is 5.62. The SMILES string of the molecule is Cl.Cl.Fc1ccc(C(c2ccc(F)cc2)N2CCN(CC=Cc3ccccc3)CC2)cc1. The van der Waals surface area contributed by atoms with Crippen molar-refractivity contribution in [1.29, 1.82) is 0 Å². The third kappa shape index (κ3) is 6.88. The van der Waals surface area contributed by atoms with Gasteiger partial charge in [0.25, 0.3) is 0 Å². The summed E-state index contributed by atoms with van der Waals surface area (Å²) in [5.41, 5.74) is 3.27. The first-order valence-electron chi connectivity index (χ1n) is 10.4. The van der Waals surface area contributed by atoms with Crippen LogP contribution in [0, 0.1) is 11.6 Å². The summed E-state index contributed by atoms with van der Waals surface area (Å²) in [7, 11) is 0. The van der Waals surface area contributed by atoms with Gasteiger partial charge in [-0.25, -0.2) is 8.78 Å². The highest BCUT2D eigenvalue weighted by atomic mass is 35.5. The normalized spacial score (nSPS) is 14.8. The molecule has 3 aromatic carbocycles. The molecule has 3 aromatic rings. The number of hydrogen-bond donors (Lipinski definition) is 0. The van der Waals surface area contributed by atoms with Crippen LogP contribution in [-0.2, 0) is 0 Å². The van der Waals surface area contributed by atoms with Crippen LogP contribution in [0.4, 0.5) is 8.78 Å². The molecule has 32 heavy (non-hydrogen) atoms. The maximum Gasteiger partial charge on any atom is 0.123 e. The summed E-state index contributed by atoms with van der Waals surface area (Å²) in [5.74, 6) is -0.488. The van der Waals surface area contributed by atoms with Crippen molar-refractivity contribution in [3.05, 3.63) is 113 Å². The highest BCUT2D eigenvalue weighted by Gasteiger charge is 2.26. The number of piperazine rings is 1. The molecule has 1 heterocycles. The van der Waals surface area contributed by atoms with Crippen LogP contribution in [0.5, 0.6) is 0 Å². The fraction of sp³-hybridized carbons (Fsp3) is 0.231. The Kier molecular flexibility index (Phi) is 10.3. The lowest BCUT2D eigenvalue weighted by atomic mass is 9.96. The molecule has 0 spiro atoms. The molecule has 0 radical (unpaired) electrons. The van der Waals surface area contributed by atoms with Crippen molar-refractivity contribution in [2.24, 2.45) is 0 Å². The van der Waals surface area contributed by atoms with Gasteiger partial charge in [0.2, 0.25) is 0 Å². The van der Waals surface area contributed by atoms with Gasteiger partial charge in [-0.05, 0) is 41.0 Å². The van der Waals surface area contributed by atoms with E-state index in [2.05, 4.69) is 34.1 Å². The second-order valence-corrected chi connectivity index (χ2v) is 7.66. The molecule has 0 N–H and O–H groups in total. The van der Waals surface area contributed by atoms with Gasteiger partial charge in [-0.1, -0.05) is 66.7 Å². The highest BCUT2D eigenvalue weighted by Crippen LogP contribution is 2.30. The molecule has 1 saturated heterocycles. The molecule has 2 nitrogen and oxygen atoms in total. The van der Waals surface area contributed by atoms with Crippen molar-refractivity contribution in [2.75, 3.05) is 32.7 Å². The van der Waals surface area contributed by atoms with Crippen LogP contribution in [0.1, 0.15) is 22.7 Å². The minimum atomic E-state index is -0.244. The van der Waals surface area contributed by atoms with Gasteiger partial charge in [-0.15, -0.1) is 24.8 Å². The van der Waals surface area contributed by atoms with Crippen molar-refractivity contribution in [1.82, 2.24) is 9.80 Å². The molecule has 6 heteroatoms. The lowest BCUT2D eigenvalue weighted by Gasteiger charge is -2.39. The second kappa shape index (κ2) is 12.7. The smallest absolute Gasteiger partial charge is 0.123 e. The molecule has 1 fully saturated rings. The van der Waals surface area contributed by atoms with Crippen LogP contribution in [0.2, 0.25) is 0 Å². The molecule has 1 aliphatic heterocycles. The molecule has 0 saturated carbocycles. The predicted molar refractivity (Wildman–Crippen MR) is 133 cm³/mol. The van der Waals surface area contributed by atoms with E-state index in [0.29, 0.717) is 0 Å². The summed E-state index contributed by atoms with van der Waals surface area (Å²) in [6, 6.07) is 23.6. The van der Waals surface area contributed by atoms with E-state index in [1.807, 2.05) is 42.5 Å². The van der Waals surface area contributed by atoms with Crippen molar-refractivity contribution in [2.45, 2.75) is 6.04 Å². The first-order chi connectivity index (χ1) is 14.7. The molecular weight excluding hydrogens is 449 g/mol. The zero-order valence-corrected chi connectivity index (χ0v) is 19.4. The topological polar surface area (TPSA) is 6.48 Å². The summed E-state index contributed by atoms with van der Waals surface area (Å²) in [4.78, 5) is 4.83. The molecule has 4 rings (SSSR count). The van der Waals surface area contributed by atoms with E-state index in [-0.39, 0.29) is 42.5 Å². The molecule has 0 bridgehead atoms. The van der Waals surface area contributed by atoms with Crippen molar-refractivity contribution in [3.63, 3.8) is 0 Å². The number of halogens is 4. The summed E-state index contributed by atoms with van der Waals surface area (Å²) >= 11 is 0. The summed E-state index contributed by atoms with van der Waals surface area (Å²) in [6.07, 6.45) is 4.37. The largest absolute Gasteiger partial charge is 0.297 e. The van der Waals surface area contributed by atoms with Crippen LogP contribution in [0.25, 0.3) is 6.08 Å².